The number of nitrogens with zero attached hydrogens (tertiary/aromatic N) is 3. The predicted octanol–water partition coefficient (Wildman–Crippen LogP) is 1.86. The summed E-state index contributed by atoms with van der Waals surface area (Å²) >= 11 is 1.27. The third kappa shape index (κ3) is 4.33. The van der Waals surface area contributed by atoms with Crippen LogP contribution in [0.3, 0.4) is 0 Å². The van der Waals surface area contributed by atoms with E-state index in [1.807, 2.05) is 30.7 Å². The summed E-state index contributed by atoms with van der Waals surface area (Å²) in [6.45, 7) is 5.16. The molecule has 1 aliphatic heterocycles. The van der Waals surface area contributed by atoms with Crippen molar-refractivity contribution < 1.29 is 13.2 Å². The molecule has 2 atom stereocenters. The van der Waals surface area contributed by atoms with Crippen LogP contribution in [-0.4, -0.2) is 47.3 Å². The Labute approximate surface area is 158 Å². The predicted molar refractivity (Wildman–Crippen MR) is 100 cm³/mol. The minimum absolute atomic E-state index is 0.0522. The second-order valence-corrected chi connectivity index (χ2v) is 10.2. The van der Waals surface area contributed by atoms with E-state index in [0.29, 0.717) is 30.1 Å². The van der Waals surface area contributed by atoms with E-state index in [1.54, 1.807) is 18.6 Å². The van der Waals surface area contributed by atoms with Crippen molar-refractivity contribution >= 4 is 27.3 Å². The van der Waals surface area contributed by atoms with Crippen LogP contribution in [0.5, 0.6) is 0 Å². The Bertz CT molecular complexity index is 845. The number of piperidine rings is 1. The van der Waals surface area contributed by atoms with Crippen molar-refractivity contribution in [3.05, 3.63) is 35.7 Å². The summed E-state index contributed by atoms with van der Waals surface area (Å²) in [6.07, 6.45) is 6.66. The van der Waals surface area contributed by atoms with Crippen LogP contribution in [0.25, 0.3) is 0 Å². The number of carbonyl (C=O) groups excluding carboxylic acids is 1. The van der Waals surface area contributed by atoms with Gasteiger partial charge >= 0.3 is 0 Å². The Balaban J connectivity index is 1.61. The molecule has 1 fully saturated rings. The number of nitrogens with one attached hydrogen (secondary N) is 1. The van der Waals surface area contributed by atoms with Crippen LogP contribution >= 0.6 is 11.3 Å². The van der Waals surface area contributed by atoms with Gasteiger partial charge in [-0.15, -0.1) is 11.3 Å². The second kappa shape index (κ2) is 7.89. The smallest absolute Gasteiger partial charge is 0.252 e. The summed E-state index contributed by atoms with van der Waals surface area (Å²) in [5, 5.41) is 3.00. The van der Waals surface area contributed by atoms with Crippen molar-refractivity contribution in [1.82, 2.24) is 19.2 Å². The van der Waals surface area contributed by atoms with Gasteiger partial charge in [-0.05, 0) is 38.8 Å². The average Bonchev–Trinajstić information content (AvgIpc) is 3.26. The number of amides is 1. The van der Waals surface area contributed by atoms with E-state index in [2.05, 4.69) is 10.3 Å². The molecule has 0 bridgehead atoms. The fourth-order valence-corrected chi connectivity index (χ4v) is 6.13. The maximum atomic E-state index is 12.8. The lowest BCUT2D eigenvalue weighted by atomic mass is 9.98. The molecule has 3 rings (SSSR count). The molecule has 0 saturated carbocycles. The molecule has 9 heteroatoms. The van der Waals surface area contributed by atoms with Crippen LogP contribution in [0.15, 0.2) is 35.1 Å². The van der Waals surface area contributed by atoms with E-state index in [0.717, 1.165) is 4.88 Å². The van der Waals surface area contributed by atoms with E-state index in [9.17, 15) is 13.2 Å². The molecule has 2 aromatic heterocycles. The van der Waals surface area contributed by atoms with E-state index in [1.165, 1.54) is 15.6 Å². The zero-order chi connectivity index (χ0) is 18.7. The number of hydrogen-bond donors (Lipinski definition) is 1. The highest BCUT2D eigenvalue weighted by Gasteiger charge is 2.34. The molecule has 2 unspecified atom stereocenters. The van der Waals surface area contributed by atoms with Gasteiger partial charge in [-0.25, -0.2) is 13.4 Å². The number of aromatic nitrogens is 2. The Kier molecular flexibility index (Phi) is 5.79. The molecule has 0 aromatic carbocycles. The highest BCUT2D eigenvalue weighted by Crippen LogP contribution is 2.28. The lowest BCUT2D eigenvalue weighted by Gasteiger charge is -2.31. The van der Waals surface area contributed by atoms with E-state index in [4.69, 9.17) is 0 Å². The first-order valence-corrected chi connectivity index (χ1v) is 10.9. The van der Waals surface area contributed by atoms with Gasteiger partial charge in [0.2, 0.25) is 5.91 Å². The highest BCUT2D eigenvalue weighted by molar-refractivity contribution is 7.91. The zero-order valence-electron chi connectivity index (χ0n) is 15.0. The minimum atomic E-state index is -3.52. The number of sulfonamides is 1. The lowest BCUT2D eigenvalue weighted by molar-refractivity contribution is -0.126. The topological polar surface area (TPSA) is 84.3 Å². The van der Waals surface area contributed by atoms with Crippen molar-refractivity contribution in [3.8, 4) is 0 Å². The summed E-state index contributed by atoms with van der Waals surface area (Å²) in [5.74, 6) is -0.398. The van der Waals surface area contributed by atoms with Crippen LogP contribution in [-0.2, 0) is 21.4 Å². The molecule has 0 radical (unpaired) electrons. The molecule has 3 heterocycles. The Morgan fingerprint density at radius 1 is 1.46 bits per heavy atom. The molecule has 1 saturated heterocycles. The summed E-state index contributed by atoms with van der Waals surface area (Å²) in [6, 6.07) is 3.40. The Morgan fingerprint density at radius 3 is 2.92 bits per heavy atom. The fourth-order valence-electron chi connectivity index (χ4n) is 3.17. The first-order valence-electron chi connectivity index (χ1n) is 8.69. The Hall–Kier alpha value is -1.71. The molecule has 26 heavy (non-hydrogen) atoms. The fraction of sp³-hybridized carbons (Fsp3) is 0.529. The zero-order valence-corrected chi connectivity index (χ0v) is 16.6. The number of thiophene rings is 1. The highest BCUT2D eigenvalue weighted by atomic mass is 32.2. The first kappa shape index (κ1) is 19.1. The van der Waals surface area contributed by atoms with Crippen LogP contribution in [0.4, 0.5) is 0 Å². The van der Waals surface area contributed by atoms with Gasteiger partial charge in [0.25, 0.3) is 10.0 Å². The van der Waals surface area contributed by atoms with E-state index >= 15 is 0 Å². The molecule has 1 N–H and O–H groups in total. The maximum Gasteiger partial charge on any atom is 0.252 e. The first-order chi connectivity index (χ1) is 12.4. The van der Waals surface area contributed by atoms with Crippen LogP contribution in [0.1, 0.15) is 24.6 Å². The van der Waals surface area contributed by atoms with Gasteiger partial charge in [0, 0.05) is 42.9 Å². The molecule has 2 aromatic rings. The summed E-state index contributed by atoms with van der Waals surface area (Å²) in [7, 11) is -3.52. The molecule has 1 aliphatic rings. The SMILES string of the molecule is Cc1ccc(S(=O)(=O)N2CCCC(C(=O)NC(C)Cn3ccnc3)C2)s1. The third-order valence-corrected chi connectivity index (χ3v) is 7.83. The van der Waals surface area contributed by atoms with Crippen molar-refractivity contribution in [3.63, 3.8) is 0 Å². The minimum Gasteiger partial charge on any atom is -0.352 e. The lowest BCUT2D eigenvalue weighted by Crippen LogP contribution is -2.47. The average molecular weight is 397 g/mol. The molecule has 7 nitrogen and oxygen atoms in total. The van der Waals surface area contributed by atoms with Crippen LogP contribution in [0.2, 0.25) is 0 Å². The molecular formula is C17H24N4O3S2. The third-order valence-electron chi connectivity index (χ3n) is 4.50. The van der Waals surface area contributed by atoms with Gasteiger partial charge in [-0.3, -0.25) is 4.79 Å². The van der Waals surface area contributed by atoms with Crippen LogP contribution < -0.4 is 5.32 Å². The number of hydrogen-bond acceptors (Lipinski definition) is 5. The van der Waals surface area contributed by atoms with Crippen LogP contribution in [0, 0.1) is 12.8 Å². The quantitative estimate of drug-likeness (QED) is 0.808. The van der Waals surface area contributed by atoms with Crippen molar-refractivity contribution in [1.29, 1.82) is 0 Å². The van der Waals surface area contributed by atoms with Gasteiger partial charge in [-0.1, -0.05) is 0 Å². The number of carbonyl (C=O) groups is 1. The van der Waals surface area contributed by atoms with Crippen molar-refractivity contribution in [2.24, 2.45) is 5.92 Å². The molecule has 0 spiro atoms. The molecule has 1 amide bonds. The Morgan fingerprint density at radius 2 is 2.27 bits per heavy atom. The normalized spacial score (nSPS) is 20.0. The number of imidazole rings is 1. The second-order valence-electron chi connectivity index (χ2n) is 6.74. The van der Waals surface area contributed by atoms with E-state index < -0.39 is 10.0 Å². The van der Waals surface area contributed by atoms with Gasteiger partial charge < -0.3 is 9.88 Å². The van der Waals surface area contributed by atoms with E-state index in [-0.39, 0.29) is 24.4 Å². The van der Waals surface area contributed by atoms with Gasteiger partial charge in [0.05, 0.1) is 12.2 Å². The number of rotatable bonds is 6. The standard InChI is InChI=1S/C17H24N4O3S2/c1-13(10-20-9-7-18-12-20)19-17(22)15-4-3-8-21(11-15)26(23,24)16-6-5-14(2)25-16/h5-7,9,12-13,15H,3-4,8,10-11H2,1-2H3,(H,19,22). The summed E-state index contributed by atoms with van der Waals surface area (Å²) in [4.78, 5) is 17.5. The number of aryl methyl sites for hydroxylation is 1. The monoisotopic (exact) mass is 396 g/mol. The molecule has 0 aliphatic carbocycles. The maximum absolute atomic E-state index is 12.8. The van der Waals surface area contributed by atoms with Gasteiger partial charge in [0.1, 0.15) is 4.21 Å². The summed E-state index contributed by atoms with van der Waals surface area (Å²) < 4.78 is 29.3. The molecular weight excluding hydrogens is 372 g/mol. The van der Waals surface area contributed by atoms with Crippen molar-refractivity contribution in [2.45, 2.75) is 43.5 Å². The largest absolute Gasteiger partial charge is 0.352 e. The van der Waals surface area contributed by atoms with Gasteiger partial charge in [0.15, 0.2) is 0 Å². The van der Waals surface area contributed by atoms with Crippen molar-refractivity contribution in [2.75, 3.05) is 13.1 Å². The summed E-state index contributed by atoms with van der Waals surface area (Å²) in [5.41, 5.74) is 0. The van der Waals surface area contributed by atoms with Gasteiger partial charge in [-0.2, -0.15) is 4.31 Å². The molecule has 142 valence electrons.